The number of hydrogen-bond acceptors (Lipinski definition) is 1. The number of carbonyl (C=O) groups excluding carboxylic acids is 1. The van der Waals surface area contributed by atoms with E-state index in [0.29, 0.717) is 12.5 Å². The van der Waals surface area contributed by atoms with Gasteiger partial charge in [0.15, 0.2) is 0 Å². The molecule has 110 valence electrons. The molecule has 0 aliphatic heterocycles. The second-order valence-electron chi connectivity index (χ2n) is 5.62. The molecular weight excluding hydrogens is 260 g/mol. The molecule has 1 aliphatic rings. The summed E-state index contributed by atoms with van der Waals surface area (Å²) in [6.07, 6.45) is 10.1. The molecule has 1 aromatic heterocycles. The number of nitrogens with zero attached hydrogens (tertiary/aromatic N) is 1. The van der Waals surface area contributed by atoms with E-state index in [4.69, 9.17) is 0 Å². The Balaban J connectivity index is 1.74. The average molecular weight is 282 g/mol. The summed E-state index contributed by atoms with van der Waals surface area (Å²) in [4.78, 5) is 17.6. The Bertz CT molecular complexity index is 656. The second-order valence-corrected chi connectivity index (χ2v) is 5.62. The highest BCUT2D eigenvalue weighted by atomic mass is 16.2. The zero-order valence-electron chi connectivity index (χ0n) is 12.5. The Labute approximate surface area is 125 Å². The lowest BCUT2D eigenvalue weighted by Crippen LogP contribution is -2.39. The van der Waals surface area contributed by atoms with Gasteiger partial charge in [-0.25, -0.2) is 0 Å². The van der Waals surface area contributed by atoms with Crippen LogP contribution in [0, 0.1) is 0 Å². The van der Waals surface area contributed by atoms with E-state index in [1.165, 1.54) is 16.5 Å². The minimum atomic E-state index is 0.256. The first-order valence-corrected chi connectivity index (χ1v) is 7.80. The predicted octanol–water partition coefficient (Wildman–Crippen LogP) is 3.67. The maximum atomic E-state index is 12.2. The van der Waals surface area contributed by atoms with Crippen molar-refractivity contribution >= 4 is 16.8 Å². The standard InChI is InChI=1S/C18H22N2O/c1-2-18(21)20(15-7-3-4-8-15)12-11-14-13-19-17-10-6-5-9-16(14)17/h3,5-7,9-10,13,15,19H,2,4,8,11-12H2,1H3/t15-/m0/s1. The summed E-state index contributed by atoms with van der Waals surface area (Å²) in [6, 6.07) is 8.63. The number of nitrogens with one attached hydrogen (secondary N) is 1. The Morgan fingerprint density at radius 1 is 1.38 bits per heavy atom. The number of carbonyl (C=O) groups is 1. The van der Waals surface area contributed by atoms with Gasteiger partial charge in [-0.3, -0.25) is 4.79 Å². The fourth-order valence-electron chi connectivity index (χ4n) is 3.13. The predicted molar refractivity (Wildman–Crippen MR) is 86.2 cm³/mol. The van der Waals surface area contributed by atoms with E-state index in [1.54, 1.807) is 0 Å². The number of benzene rings is 1. The molecule has 0 fully saturated rings. The Kier molecular flexibility index (Phi) is 4.09. The lowest BCUT2D eigenvalue weighted by molar-refractivity contribution is -0.132. The number of amides is 1. The molecule has 0 bridgehead atoms. The van der Waals surface area contributed by atoms with Crippen molar-refractivity contribution in [3.8, 4) is 0 Å². The third-order valence-corrected chi connectivity index (χ3v) is 4.31. The van der Waals surface area contributed by atoms with Crippen molar-refractivity contribution in [2.24, 2.45) is 0 Å². The van der Waals surface area contributed by atoms with Crippen LogP contribution >= 0.6 is 0 Å². The van der Waals surface area contributed by atoms with Crippen LogP contribution in [0.15, 0.2) is 42.6 Å². The minimum Gasteiger partial charge on any atom is -0.361 e. The molecule has 2 aromatic rings. The van der Waals surface area contributed by atoms with Crippen molar-refractivity contribution < 1.29 is 4.79 Å². The Hall–Kier alpha value is -2.03. The maximum absolute atomic E-state index is 12.2. The Morgan fingerprint density at radius 2 is 2.24 bits per heavy atom. The topological polar surface area (TPSA) is 36.1 Å². The molecule has 0 unspecified atom stereocenters. The molecule has 3 rings (SSSR count). The summed E-state index contributed by atoms with van der Waals surface area (Å²) in [5, 5.41) is 1.27. The van der Waals surface area contributed by atoms with Gasteiger partial charge in [0.1, 0.15) is 0 Å². The summed E-state index contributed by atoms with van der Waals surface area (Å²) in [5.41, 5.74) is 2.46. The molecular formula is C18H22N2O. The van der Waals surface area contributed by atoms with E-state index >= 15 is 0 Å². The van der Waals surface area contributed by atoms with Crippen LogP contribution in [-0.4, -0.2) is 28.4 Å². The highest BCUT2D eigenvalue weighted by molar-refractivity contribution is 5.83. The highest BCUT2D eigenvalue weighted by Gasteiger charge is 2.22. The molecule has 1 aliphatic carbocycles. The van der Waals surface area contributed by atoms with E-state index in [2.05, 4.69) is 41.5 Å². The number of aromatic nitrogens is 1. The average Bonchev–Trinajstić information content (AvgIpc) is 3.17. The molecule has 1 heterocycles. The molecule has 0 saturated carbocycles. The Morgan fingerprint density at radius 3 is 3.00 bits per heavy atom. The van der Waals surface area contributed by atoms with Gasteiger partial charge in [0, 0.05) is 30.1 Å². The van der Waals surface area contributed by atoms with Crippen molar-refractivity contribution in [3.63, 3.8) is 0 Å². The third kappa shape index (κ3) is 2.87. The number of rotatable bonds is 5. The number of H-pyrrole nitrogens is 1. The molecule has 1 atom stereocenters. The van der Waals surface area contributed by atoms with Crippen LogP contribution < -0.4 is 0 Å². The number of aromatic amines is 1. The van der Waals surface area contributed by atoms with Crippen molar-refractivity contribution in [1.29, 1.82) is 0 Å². The summed E-state index contributed by atoms with van der Waals surface area (Å²) < 4.78 is 0. The van der Waals surface area contributed by atoms with Crippen LogP contribution in [0.25, 0.3) is 10.9 Å². The zero-order valence-corrected chi connectivity index (χ0v) is 12.5. The lowest BCUT2D eigenvalue weighted by atomic mass is 10.1. The van der Waals surface area contributed by atoms with Gasteiger partial charge < -0.3 is 9.88 Å². The summed E-state index contributed by atoms with van der Waals surface area (Å²) in [7, 11) is 0. The number of fused-ring (bicyclic) bond motifs is 1. The zero-order chi connectivity index (χ0) is 14.7. The smallest absolute Gasteiger partial charge is 0.222 e. The molecule has 1 amide bonds. The van der Waals surface area contributed by atoms with Crippen LogP contribution in [0.1, 0.15) is 31.7 Å². The van der Waals surface area contributed by atoms with Gasteiger partial charge in [-0.2, -0.15) is 0 Å². The quantitative estimate of drug-likeness (QED) is 0.835. The summed E-state index contributed by atoms with van der Waals surface area (Å²) in [6.45, 7) is 2.74. The van der Waals surface area contributed by atoms with Gasteiger partial charge in [-0.15, -0.1) is 0 Å². The van der Waals surface area contributed by atoms with Crippen molar-refractivity contribution in [3.05, 3.63) is 48.2 Å². The van der Waals surface area contributed by atoms with Gasteiger partial charge in [-0.1, -0.05) is 37.3 Å². The van der Waals surface area contributed by atoms with Gasteiger partial charge in [0.25, 0.3) is 0 Å². The summed E-state index contributed by atoms with van der Waals surface area (Å²) in [5.74, 6) is 0.256. The van der Waals surface area contributed by atoms with Crippen LogP contribution in [0.2, 0.25) is 0 Å². The molecule has 1 N–H and O–H groups in total. The lowest BCUT2D eigenvalue weighted by Gasteiger charge is -2.27. The van der Waals surface area contributed by atoms with Crippen LogP contribution in [0.4, 0.5) is 0 Å². The summed E-state index contributed by atoms with van der Waals surface area (Å²) >= 11 is 0. The fourth-order valence-corrected chi connectivity index (χ4v) is 3.13. The molecule has 3 heteroatoms. The van der Waals surface area contributed by atoms with Gasteiger partial charge in [-0.05, 0) is 30.9 Å². The first-order valence-electron chi connectivity index (χ1n) is 7.80. The molecule has 0 saturated heterocycles. The fraction of sp³-hybridized carbons (Fsp3) is 0.389. The minimum absolute atomic E-state index is 0.256. The SMILES string of the molecule is CCC(=O)N(CCc1c[nH]c2ccccc12)[C@H]1C=CCC1. The first kappa shape index (κ1) is 13.9. The van der Waals surface area contributed by atoms with Crippen LogP contribution in [0.5, 0.6) is 0 Å². The van der Waals surface area contributed by atoms with Gasteiger partial charge in [0.05, 0.1) is 6.04 Å². The van der Waals surface area contributed by atoms with Crippen molar-refractivity contribution in [2.75, 3.05) is 6.54 Å². The number of hydrogen-bond donors (Lipinski definition) is 1. The monoisotopic (exact) mass is 282 g/mol. The number of para-hydroxylation sites is 1. The van der Waals surface area contributed by atoms with Gasteiger partial charge in [0.2, 0.25) is 5.91 Å². The van der Waals surface area contributed by atoms with Crippen molar-refractivity contribution in [1.82, 2.24) is 9.88 Å². The maximum Gasteiger partial charge on any atom is 0.222 e. The normalized spacial score (nSPS) is 17.5. The van der Waals surface area contributed by atoms with E-state index in [1.807, 2.05) is 17.9 Å². The molecule has 0 spiro atoms. The van der Waals surface area contributed by atoms with Crippen molar-refractivity contribution in [2.45, 2.75) is 38.6 Å². The van der Waals surface area contributed by atoms with Crippen LogP contribution in [0.3, 0.4) is 0 Å². The molecule has 1 aromatic carbocycles. The second kappa shape index (κ2) is 6.17. The largest absolute Gasteiger partial charge is 0.361 e. The van der Waals surface area contributed by atoms with E-state index < -0.39 is 0 Å². The van der Waals surface area contributed by atoms with Crippen LogP contribution in [-0.2, 0) is 11.2 Å². The van der Waals surface area contributed by atoms with E-state index in [-0.39, 0.29) is 5.91 Å². The van der Waals surface area contributed by atoms with E-state index in [9.17, 15) is 4.79 Å². The molecule has 3 nitrogen and oxygen atoms in total. The first-order chi connectivity index (χ1) is 10.3. The molecule has 21 heavy (non-hydrogen) atoms. The molecule has 0 radical (unpaired) electrons. The highest BCUT2D eigenvalue weighted by Crippen LogP contribution is 2.21. The third-order valence-electron chi connectivity index (χ3n) is 4.31. The van der Waals surface area contributed by atoms with E-state index in [0.717, 1.165) is 25.8 Å². The van der Waals surface area contributed by atoms with Gasteiger partial charge >= 0.3 is 0 Å². The number of allylic oxidation sites excluding steroid dienone is 1.